The van der Waals surface area contributed by atoms with Gasteiger partial charge in [0.2, 0.25) is 5.91 Å². The van der Waals surface area contributed by atoms with E-state index in [1.807, 2.05) is 17.0 Å². The number of carbonyl (C=O) groups is 2. The van der Waals surface area contributed by atoms with Gasteiger partial charge in [-0.05, 0) is 55.6 Å². The molecule has 1 aliphatic carbocycles. The van der Waals surface area contributed by atoms with E-state index in [-0.39, 0.29) is 0 Å². The first-order chi connectivity index (χ1) is 12.6. The highest BCUT2D eigenvalue weighted by atomic mass is 16.4. The van der Waals surface area contributed by atoms with Crippen molar-refractivity contribution in [2.75, 3.05) is 13.1 Å². The highest BCUT2D eigenvalue weighted by Crippen LogP contribution is 2.29. The fourth-order valence-corrected chi connectivity index (χ4v) is 4.60. The molecule has 1 aromatic carbocycles. The topological polar surface area (TPSA) is 57.6 Å². The first-order valence-electron chi connectivity index (χ1n) is 10.2. The molecule has 0 bridgehead atoms. The zero-order valence-corrected chi connectivity index (χ0v) is 15.7. The van der Waals surface area contributed by atoms with Gasteiger partial charge in [-0.2, -0.15) is 0 Å². The highest BCUT2D eigenvalue weighted by molar-refractivity contribution is 5.89. The van der Waals surface area contributed by atoms with Crippen LogP contribution >= 0.6 is 0 Å². The SMILES string of the molecule is O=C(O)c1ccccc1CC1CCN(C(=O)CCCC2CCCC2)CC1. The van der Waals surface area contributed by atoms with Crippen molar-refractivity contribution >= 4 is 11.9 Å². The van der Waals surface area contributed by atoms with Gasteiger partial charge in [0, 0.05) is 19.5 Å². The monoisotopic (exact) mass is 357 g/mol. The lowest BCUT2D eigenvalue weighted by Gasteiger charge is -2.32. The minimum Gasteiger partial charge on any atom is -0.478 e. The van der Waals surface area contributed by atoms with E-state index in [1.165, 1.54) is 32.1 Å². The molecule has 4 nitrogen and oxygen atoms in total. The van der Waals surface area contributed by atoms with Crippen LogP contribution < -0.4 is 0 Å². The summed E-state index contributed by atoms with van der Waals surface area (Å²) >= 11 is 0. The Kier molecular flexibility index (Phi) is 6.70. The quantitative estimate of drug-likeness (QED) is 0.780. The summed E-state index contributed by atoms with van der Waals surface area (Å²) in [6.45, 7) is 1.64. The van der Waals surface area contributed by atoms with Crippen molar-refractivity contribution in [3.63, 3.8) is 0 Å². The summed E-state index contributed by atoms with van der Waals surface area (Å²) in [5.41, 5.74) is 1.33. The van der Waals surface area contributed by atoms with Crippen molar-refractivity contribution in [1.82, 2.24) is 4.90 Å². The predicted molar refractivity (Wildman–Crippen MR) is 102 cm³/mol. The fourth-order valence-electron chi connectivity index (χ4n) is 4.60. The number of carboxylic acids is 1. The molecule has 4 heteroatoms. The summed E-state index contributed by atoms with van der Waals surface area (Å²) in [5, 5.41) is 9.32. The summed E-state index contributed by atoms with van der Waals surface area (Å²) in [6.07, 6.45) is 11.2. The van der Waals surface area contributed by atoms with E-state index in [0.29, 0.717) is 23.8 Å². The number of aromatic carboxylic acids is 1. The third-order valence-corrected chi connectivity index (χ3v) is 6.20. The van der Waals surface area contributed by atoms with Gasteiger partial charge in [0.05, 0.1) is 5.56 Å². The Balaban J connectivity index is 1.41. The van der Waals surface area contributed by atoms with E-state index >= 15 is 0 Å². The zero-order chi connectivity index (χ0) is 18.4. The molecule has 1 amide bonds. The van der Waals surface area contributed by atoms with Crippen LogP contribution in [0.25, 0.3) is 0 Å². The van der Waals surface area contributed by atoms with E-state index < -0.39 is 5.97 Å². The number of rotatable bonds is 7. The Labute approximate surface area is 156 Å². The Morgan fingerprint density at radius 2 is 1.69 bits per heavy atom. The van der Waals surface area contributed by atoms with Crippen LogP contribution in [0.15, 0.2) is 24.3 Å². The number of likely N-dealkylation sites (tertiary alicyclic amines) is 1. The van der Waals surface area contributed by atoms with Crippen LogP contribution in [0.2, 0.25) is 0 Å². The first-order valence-corrected chi connectivity index (χ1v) is 10.2. The summed E-state index contributed by atoms with van der Waals surface area (Å²) in [4.78, 5) is 25.8. The van der Waals surface area contributed by atoms with Gasteiger partial charge in [-0.3, -0.25) is 4.79 Å². The Hall–Kier alpha value is -1.84. The maximum Gasteiger partial charge on any atom is 0.335 e. The van der Waals surface area contributed by atoms with E-state index in [2.05, 4.69) is 0 Å². The second-order valence-corrected chi connectivity index (χ2v) is 8.03. The summed E-state index contributed by atoms with van der Waals surface area (Å²) in [7, 11) is 0. The number of piperidine rings is 1. The Bertz CT molecular complexity index is 614. The number of carbonyl (C=O) groups excluding carboxylic acids is 1. The van der Waals surface area contributed by atoms with Crippen molar-refractivity contribution < 1.29 is 14.7 Å². The number of hydrogen-bond acceptors (Lipinski definition) is 2. The molecule has 26 heavy (non-hydrogen) atoms. The molecule has 1 saturated heterocycles. The fraction of sp³-hybridized carbons (Fsp3) is 0.636. The third kappa shape index (κ3) is 5.09. The van der Waals surface area contributed by atoms with Crippen LogP contribution in [0.4, 0.5) is 0 Å². The van der Waals surface area contributed by atoms with Crippen molar-refractivity contribution in [2.45, 2.75) is 64.2 Å². The molecule has 0 atom stereocenters. The minimum atomic E-state index is -0.851. The molecule has 0 aromatic heterocycles. The molecule has 1 aliphatic heterocycles. The second-order valence-electron chi connectivity index (χ2n) is 8.03. The van der Waals surface area contributed by atoms with Gasteiger partial charge in [0.15, 0.2) is 0 Å². The van der Waals surface area contributed by atoms with Crippen molar-refractivity contribution in [2.24, 2.45) is 11.8 Å². The van der Waals surface area contributed by atoms with Gasteiger partial charge < -0.3 is 10.0 Å². The van der Waals surface area contributed by atoms with Crippen molar-refractivity contribution in [1.29, 1.82) is 0 Å². The molecule has 1 aromatic rings. The summed E-state index contributed by atoms with van der Waals surface area (Å²) < 4.78 is 0. The van der Waals surface area contributed by atoms with E-state index in [9.17, 15) is 14.7 Å². The van der Waals surface area contributed by atoms with Gasteiger partial charge in [-0.1, -0.05) is 43.9 Å². The van der Waals surface area contributed by atoms with Crippen LogP contribution in [-0.2, 0) is 11.2 Å². The number of amides is 1. The number of nitrogens with zero attached hydrogens (tertiary/aromatic N) is 1. The minimum absolute atomic E-state index is 0.312. The smallest absolute Gasteiger partial charge is 0.335 e. The van der Waals surface area contributed by atoms with Crippen LogP contribution in [0.1, 0.15) is 73.7 Å². The maximum absolute atomic E-state index is 12.4. The molecule has 142 valence electrons. The van der Waals surface area contributed by atoms with Gasteiger partial charge in [0.25, 0.3) is 0 Å². The van der Waals surface area contributed by atoms with Crippen LogP contribution in [0, 0.1) is 11.8 Å². The van der Waals surface area contributed by atoms with Gasteiger partial charge in [0.1, 0.15) is 0 Å². The van der Waals surface area contributed by atoms with Gasteiger partial charge in [-0.25, -0.2) is 4.79 Å². The molecule has 2 fully saturated rings. The Morgan fingerprint density at radius 3 is 2.38 bits per heavy atom. The molecule has 0 radical (unpaired) electrons. The number of hydrogen-bond donors (Lipinski definition) is 1. The summed E-state index contributed by atoms with van der Waals surface area (Å²) in [5.74, 6) is 0.795. The average Bonchev–Trinajstić information content (AvgIpc) is 3.16. The van der Waals surface area contributed by atoms with Gasteiger partial charge in [-0.15, -0.1) is 0 Å². The molecule has 1 N–H and O–H groups in total. The van der Waals surface area contributed by atoms with Crippen LogP contribution in [-0.4, -0.2) is 35.0 Å². The lowest BCUT2D eigenvalue weighted by molar-refractivity contribution is -0.132. The van der Waals surface area contributed by atoms with Crippen molar-refractivity contribution in [3.05, 3.63) is 35.4 Å². The normalized spacial score (nSPS) is 19.0. The van der Waals surface area contributed by atoms with E-state index in [0.717, 1.165) is 50.3 Å². The van der Waals surface area contributed by atoms with Crippen LogP contribution in [0.5, 0.6) is 0 Å². The number of benzene rings is 1. The van der Waals surface area contributed by atoms with Crippen molar-refractivity contribution in [3.8, 4) is 0 Å². The second kappa shape index (κ2) is 9.20. The highest BCUT2D eigenvalue weighted by Gasteiger charge is 2.24. The summed E-state index contributed by atoms with van der Waals surface area (Å²) in [6, 6.07) is 7.29. The largest absolute Gasteiger partial charge is 0.478 e. The molecule has 0 spiro atoms. The molecule has 1 heterocycles. The van der Waals surface area contributed by atoms with Crippen LogP contribution in [0.3, 0.4) is 0 Å². The predicted octanol–water partition coefficient (Wildman–Crippen LogP) is 4.53. The average molecular weight is 357 g/mol. The molecular formula is C22H31NO3. The lowest BCUT2D eigenvalue weighted by atomic mass is 9.88. The van der Waals surface area contributed by atoms with Gasteiger partial charge >= 0.3 is 5.97 Å². The van der Waals surface area contributed by atoms with E-state index in [4.69, 9.17) is 0 Å². The molecule has 2 aliphatic rings. The zero-order valence-electron chi connectivity index (χ0n) is 15.7. The van der Waals surface area contributed by atoms with E-state index in [1.54, 1.807) is 12.1 Å². The molecular weight excluding hydrogens is 326 g/mol. The third-order valence-electron chi connectivity index (χ3n) is 6.20. The Morgan fingerprint density at radius 1 is 1.00 bits per heavy atom. The lowest BCUT2D eigenvalue weighted by Crippen LogP contribution is -2.38. The first kappa shape index (κ1) is 18.9. The molecule has 3 rings (SSSR count). The maximum atomic E-state index is 12.4. The standard InChI is InChI=1S/C22H31NO3/c24-21(11-5-8-17-6-1-2-7-17)23-14-12-18(13-15-23)16-19-9-3-4-10-20(19)22(25)26/h3-4,9-10,17-18H,1-2,5-8,11-16H2,(H,25,26). The number of carboxylic acid groups (broad SMARTS) is 1. The molecule has 1 saturated carbocycles. The molecule has 0 unspecified atom stereocenters.